The van der Waals surface area contributed by atoms with Crippen LogP contribution in [0.4, 0.5) is 0 Å². The first kappa shape index (κ1) is 22.5. The molecule has 2 heterocycles. The molecule has 0 saturated carbocycles. The maximum absolute atomic E-state index is 15.6. The van der Waals surface area contributed by atoms with Crippen LogP contribution in [-0.4, -0.2) is 9.55 Å². The van der Waals surface area contributed by atoms with E-state index >= 15 is 4.57 Å². The average Bonchev–Trinajstić information content (AvgIpc) is 3.41. The molecule has 1 aromatic heterocycles. The van der Waals surface area contributed by atoms with Gasteiger partial charge in [-0.2, -0.15) is 0 Å². The van der Waals surface area contributed by atoms with E-state index in [1.54, 1.807) is 0 Å². The van der Waals surface area contributed by atoms with Gasteiger partial charge in [0.05, 0.1) is 17.1 Å². The molecule has 0 radical (unpaired) electrons. The molecule has 1 unspecified atom stereocenters. The first-order valence-electron chi connectivity index (χ1n) is 13.4. The lowest BCUT2D eigenvalue weighted by atomic mass is 9.84. The molecule has 4 heteroatoms. The van der Waals surface area contributed by atoms with Crippen LogP contribution in [0, 0.1) is 0 Å². The lowest BCUT2D eigenvalue weighted by Gasteiger charge is -2.33. The average molecular weight is 521 g/mol. The smallest absolute Gasteiger partial charge is 0.173 e. The molecule has 0 amide bonds. The molecule has 186 valence electrons. The van der Waals surface area contributed by atoms with Gasteiger partial charge in [0.2, 0.25) is 0 Å². The van der Waals surface area contributed by atoms with Crippen LogP contribution >= 0.6 is 7.14 Å². The van der Waals surface area contributed by atoms with Gasteiger partial charge in [-0.15, -0.1) is 0 Å². The number of benzene rings is 5. The number of para-hydroxylation sites is 1. The first-order valence-corrected chi connectivity index (χ1v) is 15.1. The molecule has 0 N–H and O–H groups in total. The Balaban J connectivity index is 1.52. The number of fused-ring (bicyclic) bond motifs is 10. The number of rotatable bonds is 3. The zero-order chi connectivity index (χ0) is 26.0. The summed E-state index contributed by atoms with van der Waals surface area (Å²) in [5.41, 5.74) is 5.52. The largest absolute Gasteiger partial charge is 0.315 e. The molecule has 8 rings (SSSR count). The van der Waals surface area contributed by atoms with Crippen molar-refractivity contribution in [2.24, 2.45) is 0 Å². The molecule has 0 fully saturated rings. The maximum atomic E-state index is 15.6. The second-order valence-corrected chi connectivity index (χ2v) is 13.0. The summed E-state index contributed by atoms with van der Waals surface area (Å²) in [4.78, 5) is 5.29. The Morgan fingerprint density at radius 2 is 1.46 bits per heavy atom. The van der Waals surface area contributed by atoms with Crippen molar-refractivity contribution >= 4 is 50.4 Å². The van der Waals surface area contributed by atoms with Gasteiger partial charge in [-0.25, -0.2) is 4.98 Å². The quantitative estimate of drug-likeness (QED) is 0.228. The maximum Gasteiger partial charge on any atom is 0.173 e. The molecule has 3 nitrogen and oxygen atoms in total. The van der Waals surface area contributed by atoms with Crippen LogP contribution in [-0.2, 0) is 4.57 Å². The highest BCUT2D eigenvalue weighted by atomic mass is 31.2. The standard InChI is InChI=1S/C35H25N2OP/c38-39(25-13-3-1-4-14-25,26-15-5-2-6-16-26)32-21-11-19-30-34(32)37-31-20-10-9-18-28(31)29-23-22-24-12-7-8-17-27(24)33(29)35(37)36-30/h1-19,21-23,31H,20H2. The van der Waals surface area contributed by atoms with Crippen molar-refractivity contribution in [3.05, 3.63) is 139 Å². The van der Waals surface area contributed by atoms with Crippen molar-refractivity contribution in [3.63, 3.8) is 0 Å². The van der Waals surface area contributed by atoms with E-state index in [0.29, 0.717) is 0 Å². The zero-order valence-electron chi connectivity index (χ0n) is 21.2. The minimum atomic E-state index is -3.21. The van der Waals surface area contributed by atoms with Crippen LogP contribution in [0.1, 0.15) is 18.0 Å². The fourth-order valence-corrected chi connectivity index (χ4v) is 9.31. The van der Waals surface area contributed by atoms with E-state index in [9.17, 15) is 0 Å². The molecule has 0 spiro atoms. The molecule has 5 aromatic carbocycles. The van der Waals surface area contributed by atoms with E-state index in [-0.39, 0.29) is 6.04 Å². The van der Waals surface area contributed by atoms with Crippen LogP contribution in [0.3, 0.4) is 0 Å². The van der Waals surface area contributed by atoms with Crippen LogP contribution < -0.4 is 15.9 Å². The molecule has 39 heavy (non-hydrogen) atoms. The fourth-order valence-electron chi connectivity index (χ4n) is 6.45. The van der Waals surface area contributed by atoms with Gasteiger partial charge < -0.3 is 9.13 Å². The number of allylic oxidation sites excluding steroid dienone is 4. The highest BCUT2D eigenvalue weighted by Crippen LogP contribution is 2.51. The monoisotopic (exact) mass is 520 g/mol. The van der Waals surface area contributed by atoms with Crippen molar-refractivity contribution in [2.45, 2.75) is 12.5 Å². The summed E-state index contributed by atoms with van der Waals surface area (Å²) in [6, 6.07) is 39.1. The van der Waals surface area contributed by atoms with E-state index in [1.807, 2.05) is 66.7 Å². The number of nitrogens with zero attached hydrogens (tertiary/aromatic N) is 2. The number of imidazole rings is 1. The summed E-state index contributed by atoms with van der Waals surface area (Å²) >= 11 is 0. The Morgan fingerprint density at radius 3 is 2.23 bits per heavy atom. The van der Waals surface area contributed by atoms with Gasteiger partial charge in [-0.05, 0) is 40.5 Å². The molecule has 0 bridgehead atoms. The van der Waals surface area contributed by atoms with Crippen LogP contribution in [0.5, 0.6) is 0 Å². The fraction of sp³-hybridized carbons (Fsp3) is 0.0571. The summed E-state index contributed by atoms with van der Waals surface area (Å²) in [5.74, 6) is 0.953. The molecule has 1 aliphatic carbocycles. The van der Waals surface area contributed by atoms with Crippen LogP contribution in [0.15, 0.2) is 133 Å². The summed E-state index contributed by atoms with van der Waals surface area (Å²) < 4.78 is 17.9. The summed E-state index contributed by atoms with van der Waals surface area (Å²) in [5, 5.41) is 4.89. The van der Waals surface area contributed by atoms with Crippen LogP contribution in [0.2, 0.25) is 0 Å². The summed E-state index contributed by atoms with van der Waals surface area (Å²) in [6.45, 7) is 0. The predicted octanol–water partition coefficient (Wildman–Crippen LogP) is 7.39. The normalized spacial score (nSPS) is 16.0. The van der Waals surface area contributed by atoms with Crippen molar-refractivity contribution < 1.29 is 4.57 Å². The van der Waals surface area contributed by atoms with Gasteiger partial charge in [0.25, 0.3) is 0 Å². The molecule has 6 aromatic rings. The molecule has 1 aliphatic heterocycles. The van der Waals surface area contributed by atoms with E-state index in [0.717, 1.165) is 44.8 Å². The molecular formula is C35H25N2OP. The Bertz CT molecular complexity index is 1980. The van der Waals surface area contributed by atoms with E-state index in [1.165, 1.54) is 21.9 Å². The van der Waals surface area contributed by atoms with Crippen molar-refractivity contribution in [2.75, 3.05) is 0 Å². The molecule has 2 aliphatic rings. The van der Waals surface area contributed by atoms with Gasteiger partial charge in [-0.1, -0.05) is 121 Å². The molecule has 0 saturated heterocycles. The Morgan fingerprint density at radius 1 is 0.744 bits per heavy atom. The lowest BCUT2D eigenvalue weighted by Crippen LogP contribution is -2.28. The predicted molar refractivity (Wildman–Crippen MR) is 163 cm³/mol. The van der Waals surface area contributed by atoms with Gasteiger partial charge in [0.15, 0.2) is 7.14 Å². The lowest BCUT2D eigenvalue weighted by molar-refractivity contribution is 0.592. The molecular weight excluding hydrogens is 495 g/mol. The highest BCUT2D eigenvalue weighted by Gasteiger charge is 2.38. The van der Waals surface area contributed by atoms with E-state index < -0.39 is 7.14 Å². The number of hydrogen-bond acceptors (Lipinski definition) is 2. The van der Waals surface area contributed by atoms with Crippen LogP contribution in [0.25, 0.3) is 38.8 Å². The highest BCUT2D eigenvalue weighted by molar-refractivity contribution is 7.85. The van der Waals surface area contributed by atoms with Gasteiger partial charge in [-0.3, -0.25) is 0 Å². The number of aromatic nitrogens is 2. The zero-order valence-corrected chi connectivity index (χ0v) is 22.1. The van der Waals surface area contributed by atoms with Gasteiger partial charge in [0, 0.05) is 21.5 Å². The van der Waals surface area contributed by atoms with Gasteiger partial charge >= 0.3 is 0 Å². The summed E-state index contributed by atoms with van der Waals surface area (Å²) in [6.07, 6.45) is 7.50. The van der Waals surface area contributed by atoms with Crippen molar-refractivity contribution in [1.82, 2.24) is 9.55 Å². The summed E-state index contributed by atoms with van der Waals surface area (Å²) in [7, 11) is -3.21. The Labute approximate surface area is 227 Å². The second kappa shape index (κ2) is 8.53. The third-order valence-electron chi connectivity index (χ3n) is 8.17. The SMILES string of the molecule is O=P(c1ccccc1)(c1ccccc1)c1cccc2nc3n(c12)C1CC=CC=C1c1ccc2ccccc2c1-3. The first-order chi connectivity index (χ1) is 19.2. The van der Waals surface area contributed by atoms with Crippen molar-refractivity contribution in [1.29, 1.82) is 0 Å². The molecule has 1 atom stereocenters. The third-order valence-corrected chi connectivity index (χ3v) is 11.3. The Kier molecular flexibility index (Phi) is 4.92. The van der Waals surface area contributed by atoms with Crippen molar-refractivity contribution in [3.8, 4) is 11.4 Å². The third kappa shape index (κ3) is 3.17. The minimum absolute atomic E-state index is 0.0878. The second-order valence-electron chi connectivity index (χ2n) is 10.2. The minimum Gasteiger partial charge on any atom is -0.315 e. The van der Waals surface area contributed by atoms with Gasteiger partial charge in [0.1, 0.15) is 5.82 Å². The van der Waals surface area contributed by atoms with E-state index in [4.69, 9.17) is 4.98 Å². The topological polar surface area (TPSA) is 34.9 Å². The van der Waals surface area contributed by atoms with E-state index in [2.05, 4.69) is 71.3 Å². The Hall–Kier alpha value is -4.46. The number of hydrogen-bond donors (Lipinski definition) is 0.